The van der Waals surface area contributed by atoms with Crippen LogP contribution in [0.4, 0.5) is 0 Å². The molecule has 2 aromatic heterocycles. The van der Waals surface area contributed by atoms with Gasteiger partial charge < -0.3 is 4.74 Å². The Morgan fingerprint density at radius 1 is 1.23 bits per heavy atom. The standard InChI is InChI=1S/C17H13N3O2/c1-11-9-20-16(10-22-11)19-15-8-12(5-6-13(15)17(20)21)14-4-2-3-7-18-14/h2-8H,1,9-10H2. The molecule has 0 atom stereocenters. The topological polar surface area (TPSA) is 57.0 Å². The molecule has 0 N–H and O–H groups in total. The first kappa shape index (κ1) is 12.8. The maximum Gasteiger partial charge on any atom is 0.261 e. The molecule has 0 unspecified atom stereocenters. The van der Waals surface area contributed by atoms with Gasteiger partial charge in [0.15, 0.2) is 5.82 Å². The summed E-state index contributed by atoms with van der Waals surface area (Å²) in [6, 6.07) is 11.3. The molecule has 0 fully saturated rings. The Bertz CT molecular complexity index is 945. The van der Waals surface area contributed by atoms with E-state index in [0.717, 1.165) is 11.3 Å². The van der Waals surface area contributed by atoms with Gasteiger partial charge >= 0.3 is 0 Å². The lowest BCUT2D eigenvalue weighted by Gasteiger charge is -2.20. The van der Waals surface area contributed by atoms with Crippen LogP contribution in [0, 0.1) is 0 Å². The van der Waals surface area contributed by atoms with Crippen molar-refractivity contribution in [3.05, 3.63) is 71.1 Å². The van der Waals surface area contributed by atoms with Gasteiger partial charge in [0.25, 0.3) is 5.56 Å². The molecule has 108 valence electrons. The Hall–Kier alpha value is -2.95. The minimum absolute atomic E-state index is 0.0583. The number of nitrogens with zero attached hydrogens (tertiary/aromatic N) is 3. The lowest BCUT2D eigenvalue weighted by atomic mass is 10.1. The van der Waals surface area contributed by atoms with Crippen LogP contribution in [0.1, 0.15) is 5.82 Å². The van der Waals surface area contributed by atoms with E-state index in [1.165, 1.54) is 0 Å². The zero-order chi connectivity index (χ0) is 15.1. The Morgan fingerprint density at radius 2 is 2.14 bits per heavy atom. The summed E-state index contributed by atoms with van der Waals surface area (Å²) in [5, 5.41) is 0.595. The molecule has 0 radical (unpaired) electrons. The van der Waals surface area contributed by atoms with E-state index in [4.69, 9.17) is 4.74 Å². The van der Waals surface area contributed by atoms with Gasteiger partial charge in [0.2, 0.25) is 0 Å². The zero-order valence-corrected chi connectivity index (χ0v) is 11.8. The van der Waals surface area contributed by atoms with E-state index in [-0.39, 0.29) is 12.2 Å². The largest absolute Gasteiger partial charge is 0.489 e. The molecular formula is C17H13N3O2. The predicted molar refractivity (Wildman–Crippen MR) is 83.2 cm³/mol. The first-order chi connectivity index (χ1) is 10.7. The van der Waals surface area contributed by atoms with Crippen molar-refractivity contribution in [2.45, 2.75) is 13.2 Å². The molecule has 3 heterocycles. The maximum absolute atomic E-state index is 12.6. The number of pyridine rings is 1. The quantitative estimate of drug-likeness (QED) is 0.691. The molecular weight excluding hydrogens is 278 g/mol. The first-order valence-corrected chi connectivity index (χ1v) is 6.98. The van der Waals surface area contributed by atoms with E-state index in [1.807, 2.05) is 30.3 Å². The minimum atomic E-state index is -0.0583. The smallest absolute Gasteiger partial charge is 0.261 e. The lowest BCUT2D eigenvalue weighted by molar-refractivity contribution is 0.149. The Morgan fingerprint density at radius 3 is 2.95 bits per heavy atom. The molecule has 5 heteroatoms. The summed E-state index contributed by atoms with van der Waals surface area (Å²) in [4.78, 5) is 21.5. The minimum Gasteiger partial charge on any atom is -0.489 e. The molecule has 0 amide bonds. The van der Waals surface area contributed by atoms with E-state index in [2.05, 4.69) is 16.5 Å². The van der Waals surface area contributed by atoms with Gasteiger partial charge in [-0.2, -0.15) is 0 Å². The van der Waals surface area contributed by atoms with E-state index in [9.17, 15) is 4.79 Å². The number of benzene rings is 1. The lowest BCUT2D eigenvalue weighted by Crippen LogP contribution is -2.30. The van der Waals surface area contributed by atoms with Crippen molar-refractivity contribution in [1.82, 2.24) is 14.5 Å². The van der Waals surface area contributed by atoms with Gasteiger partial charge in [0.1, 0.15) is 12.4 Å². The van der Waals surface area contributed by atoms with Crippen LogP contribution in [0.2, 0.25) is 0 Å². The van der Waals surface area contributed by atoms with Crippen molar-refractivity contribution < 1.29 is 4.74 Å². The number of ether oxygens (including phenoxy) is 1. The van der Waals surface area contributed by atoms with Gasteiger partial charge in [0, 0.05) is 11.8 Å². The summed E-state index contributed by atoms with van der Waals surface area (Å²) in [6.45, 7) is 4.41. The van der Waals surface area contributed by atoms with Crippen molar-refractivity contribution in [3.63, 3.8) is 0 Å². The van der Waals surface area contributed by atoms with Crippen LogP contribution >= 0.6 is 0 Å². The summed E-state index contributed by atoms with van der Waals surface area (Å²) < 4.78 is 7.01. The molecule has 0 saturated heterocycles. The summed E-state index contributed by atoms with van der Waals surface area (Å²) >= 11 is 0. The molecule has 0 aliphatic carbocycles. The van der Waals surface area contributed by atoms with Gasteiger partial charge in [-0.1, -0.05) is 18.7 Å². The van der Waals surface area contributed by atoms with Crippen molar-refractivity contribution >= 4 is 10.9 Å². The predicted octanol–water partition coefficient (Wildman–Crippen LogP) is 2.50. The molecule has 0 saturated carbocycles. The molecule has 22 heavy (non-hydrogen) atoms. The van der Waals surface area contributed by atoms with Crippen molar-refractivity contribution in [2.24, 2.45) is 0 Å². The number of allylic oxidation sites excluding steroid dienone is 1. The van der Waals surface area contributed by atoms with Crippen molar-refractivity contribution in [2.75, 3.05) is 0 Å². The fourth-order valence-corrected chi connectivity index (χ4v) is 2.62. The van der Waals surface area contributed by atoms with Gasteiger partial charge in [-0.25, -0.2) is 4.98 Å². The summed E-state index contributed by atoms with van der Waals surface area (Å²) in [5.74, 6) is 1.21. The third-order valence-corrected chi connectivity index (χ3v) is 3.73. The third kappa shape index (κ3) is 1.98. The summed E-state index contributed by atoms with van der Waals surface area (Å²) in [6.07, 6.45) is 1.74. The molecule has 0 spiro atoms. The van der Waals surface area contributed by atoms with Gasteiger partial charge in [-0.15, -0.1) is 0 Å². The molecule has 1 aliphatic heterocycles. The highest BCUT2D eigenvalue weighted by Crippen LogP contribution is 2.21. The maximum atomic E-state index is 12.6. The number of fused-ring (bicyclic) bond motifs is 2. The van der Waals surface area contributed by atoms with Gasteiger partial charge in [-0.3, -0.25) is 14.3 Å². The number of hydrogen-bond acceptors (Lipinski definition) is 4. The molecule has 0 bridgehead atoms. The number of rotatable bonds is 1. The third-order valence-electron chi connectivity index (χ3n) is 3.73. The normalized spacial score (nSPS) is 13.7. The number of aromatic nitrogens is 3. The van der Waals surface area contributed by atoms with Crippen molar-refractivity contribution in [1.29, 1.82) is 0 Å². The Balaban J connectivity index is 1.93. The van der Waals surface area contributed by atoms with Gasteiger partial charge in [-0.05, 0) is 24.3 Å². The highest BCUT2D eigenvalue weighted by molar-refractivity contribution is 5.83. The summed E-state index contributed by atoms with van der Waals surface area (Å²) in [5.41, 5.74) is 2.40. The Labute approximate surface area is 126 Å². The molecule has 1 aromatic carbocycles. The molecule has 1 aliphatic rings. The second-order valence-electron chi connectivity index (χ2n) is 5.19. The van der Waals surface area contributed by atoms with Crippen LogP contribution in [0.3, 0.4) is 0 Å². The van der Waals surface area contributed by atoms with Crippen LogP contribution < -0.4 is 5.56 Å². The van der Waals surface area contributed by atoms with Crippen molar-refractivity contribution in [3.8, 4) is 11.3 Å². The van der Waals surface area contributed by atoms with Crippen LogP contribution in [0.5, 0.6) is 0 Å². The van der Waals surface area contributed by atoms with Crippen LogP contribution in [-0.4, -0.2) is 14.5 Å². The van der Waals surface area contributed by atoms with Crippen LogP contribution in [0.25, 0.3) is 22.2 Å². The van der Waals surface area contributed by atoms with E-state index >= 15 is 0 Å². The Kier molecular flexibility index (Phi) is 2.79. The highest BCUT2D eigenvalue weighted by atomic mass is 16.5. The number of hydrogen-bond donors (Lipinski definition) is 0. The van der Waals surface area contributed by atoms with E-state index in [1.54, 1.807) is 16.8 Å². The molecule has 3 aromatic rings. The summed E-state index contributed by atoms with van der Waals surface area (Å²) in [7, 11) is 0. The van der Waals surface area contributed by atoms with Crippen LogP contribution in [0.15, 0.2) is 59.7 Å². The average molecular weight is 291 g/mol. The zero-order valence-electron chi connectivity index (χ0n) is 11.8. The van der Waals surface area contributed by atoms with E-state index < -0.39 is 0 Å². The highest BCUT2D eigenvalue weighted by Gasteiger charge is 2.17. The van der Waals surface area contributed by atoms with Crippen LogP contribution in [-0.2, 0) is 17.9 Å². The molecule has 4 rings (SSSR count). The first-order valence-electron chi connectivity index (χ1n) is 6.98. The molecule has 5 nitrogen and oxygen atoms in total. The fourth-order valence-electron chi connectivity index (χ4n) is 2.62. The SMILES string of the molecule is C=C1Cn2c(nc3cc(-c4ccccn4)ccc3c2=O)CO1. The van der Waals surface area contributed by atoms with Gasteiger partial charge in [0.05, 0.1) is 23.1 Å². The second-order valence-corrected chi connectivity index (χ2v) is 5.19. The fraction of sp³-hybridized carbons (Fsp3) is 0.118. The van der Waals surface area contributed by atoms with E-state index in [0.29, 0.717) is 29.0 Å². The average Bonchev–Trinajstić information content (AvgIpc) is 2.56. The second kappa shape index (κ2) is 4.80. The monoisotopic (exact) mass is 291 g/mol.